The Hall–Kier alpha value is -1.45. The van der Waals surface area contributed by atoms with E-state index in [0.717, 1.165) is 25.3 Å². The van der Waals surface area contributed by atoms with Crippen molar-refractivity contribution in [3.63, 3.8) is 0 Å². The fourth-order valence-electron chi connectivity index (χ4n) is 6.55. The van der Waals surface area contributed by atoms with Gasteiger partial charge < -0.3 is 5.32 Å². The monoisotopic (exact) mass is 319 g/mol. The SMILES string of the molecule is CC12CC3CC(C)(C1)CC(C(=O)Nc1ccc(F)cc1F)(C3)C2. The summed E-state index contributed by atoms with van der Waals surface area (Å²) < 4.78 is 26.9. The lowest BCUT2D eigenvalue weighted by Gasteiger charge is -2.64. The molecule has 2 unspecified atom stereocenters. The Morgan fingerprint density at radius 3 is 2.30 bits per heavy atom. The van der Waals surface area contributed by atoms with Crippen molar-refractivity contribution in [2.75, 3.05) is 5.32 Å². The highest BCUT2D eigenvalue weighted by molar-refractivity contribution is 5.95. The van der Waals surface area contributed by atoms with Gasteiger partial charge >= 0.3 is 0 Å². The van der Waals surface area contributed by atoms with Gasteiger partial charge in [-0.3, -0.25) is 4.79 Å². The Morgan fingerprint density at radius 2 is 1.74 bits per heavy atom. The number of rotatable bonds is 2. The highest BCUT2D eigenvalue weighted by atomic mass is 19.1. The van der Waals surface area contributed by atoms with Gasteiger partial charge in [0.1, 0.15) is 11.6 Å². The molecule has 124 valence electrons. The normalized spacial score (nSPS) is 41.1. The van der Waals surface area contributed by atoms with Gasteiger partial charge in [0.05, 0.1) is 11.1 Å². The molecule has 4 aliphatic carbocycles. The molecule has 0 aliphatic heterocycles. The molecule has 1 amide bonds. The van der Waals surface area contributed by atoms with Crippen LogP contribution in [0.1, 0.15) is 52.4 Å². The lowest BCUT2D eigenvalue weighted by atomic mass is 9.40. The van der Waals surface area contributed by atoms with Crippen LogP contribution < -0.4 is 5.32 Å². The molecule has 2 atom stereocenters. The topological polar surface area (TPSA) is 29.1 Å². The summed E-state index contributed by atoms with van der Waals surface area (Å²) in [6, 6.07) is 3.31. The summed E-state index contributed by atoms with van der Waals surface area (Å²) in [5.41, 5.74) is 0.158. The van der Waals surface area contributed by atoms with Crippen LogP contribution in [0.3, 0.4) is 0 Å². The van der Waals surface area contributed by atoms with Crippen molar-refractivity contribution < 1.29 is 13.6 Å². The number of nitrogens with one attached hydrogen (secondary N) is 1. The number of carbonyl (C=O) groups excluding carboxylic acids is 1. The lowest BCUT2D eigenvalue weighted by Crippen LogP contribution is -2.58. The molecule has 1 aromatic carbocycles. The summed E-state index contributed by atoms with van der Waals surface area (Å²) in [7, 11) is 0. The van der Waals surface area contributed by atoms with Gasteiger partial charge in [-0.25, -0.2) is 8.78 Å². The average Bonchev–Trinajstić information content (AvgIpc) is 2.37. The van der Waals surface area contributed by atoms with Gasteiger partial charge in [-0.1, -0.05) is 13.8 Å². The Balaban J connectivity index is 1.63. The number of anilines is 1. The molecule has 4 bridgehead atoms. The molecular formula is C19H23F2NO. The third-order valence-electron chi connectivity index (χ3n) is 6.29. The van der Waals surface area contributed by atoms with Gasteiger partial charge in [0.25, 0.3) is 0 Å². The minimum atomic E-state index is -0.708. The van der Waals surface area contributed by atoms with Gasteiger partial charge in [0.15, 0.2) is 0 Å². The first-order valence-corrected chi connectivity index (χ1v) is 8.48. The van der Waals surface area contributed by atoms with E-state index in [1.807, 2.05) is 0 Å². The molecule has 4 aliphatic rings. The van der Waals surface area contributed by atoms with E-state index >= 15 is 0 Å². The quantitative estimate of drug-likeness (QED) is 0.825. The van der Waals surface area contributed by atoms with Crippen LogP contribution in [0.5, 0.6) is 0 Å². The van der Waals surface area contributed by atoms with E-state index in [9.17, 15) is 13.6 Å². The summed E-state index contributed by atoms with van der Waals surface area (Å²) in [5.74, 6) is -0.814. The molecule has 2 nitrogen and oxygen atoms in total. The predicted molar refractivity (Wildman–Crippen MR) is 84.8 cm³/mol. The Morgan fingerprint density at radius 1 is 1.09 bits per heavy atom. The molecule has 4 heteroatoms. The van der Waals surface area contributed by atoms with Gasteiger partial charge in [0.2, 0.25) is 5.91 Å². The molecule has 0 spiro atoms. The minimum absolute atomic E-state index is 0.0791. The fourth-order valence-corrected chi connectivity index (χ4v) is 6.55. The van der Waals surface area contributed by atoms with Crippen LogP contribution in [-0.4, -0.2) is 5.91 Å². The van der Waals surface area contributed by atoms with Gasteiger partial charge in [0, 0.05) is 6.07 Å². The summed E-state index contributed by atoms with van der Waals surface area (Å²) in [4.78, 5) is 13.0. The predicted octanol–water partition coefficient (Wildman–Crippen LogP) is 4.90. The maximum absolute atomic E-state index is 13.9. The zero-order valence-corrected chi connectivity index (χ0v) is 13.7. The minimum Gasteiger partial charge on any atom is -0.323 e. The molecular weight excluding hydrogens is 296 g/mol. The Bertz CT molecular complexity index is 668. The van der Waals surface area contributed by atoms with Crippen LogP contribution in [0.4, 0.5) is 14.5 Å². The third-order valence-corrected chi connectivity index (χ3v) is 6.29. The second-order valence-electron chi connectivity index (χ2n) is 8.99. The van der Waals surface area contributed by atoms with E-state index in [2.05, 4.69) is 19.2 Å². The number of hydrogen-bond donors (Lipinski definition) is 1. The summed E-state index contributed by atoms with van der Waals surface area (Å²) >= 11 is 0. The number of amides is 1. The van der Waals surface area contributed by atoms with Crippen LogP contribution in [0.2, 0.25) is 0 Å². The average molecular weight is 319 g/mol. The van der Waals surface area contributed by atoms with E-state index in [1.165, 1.54) is 31.4 Å². The molecule has 0 saturated heterocycles. The summed E-state index contributed by atoms with van der Waals surface area (Å²) in [6.45, 7) is 4.60. The Kier molecular flexibility index (Phi) is 2.99. The molecule has 0 heterocycles. The molecule has 5 rings (SSSR count). The van der Waals surface area contributed by atoms with Crippen molar-refractivity contribution in [3.05, 3.63) is 29.8 Å². The standard InChI is InChI=1S/C19H23F2NO/c1-17-6-12-7-18(2,9-17)11-19(8-12,10-17)16(23)22-15-4-3-13(20)5-14(15)21/h3-5,12H,6-11H2,1-2H3,(H,22,23). The molecule has 1 N–H and O–H groups in total. The molecule has 4 fully saturated rings. The first-order valence-electron chi connectivity index (χ1n) is 8.48. The number of carbonyl (C=O) groups is 1. The van der Waals surface area contributed by atoms with Gasteiger partial charge in [-0.2, -0.15) is 0 Å². The van der Waals surface area contributed by atoms with Crippen LogP contribution in [-0.2, 0) is 4.79 Å². The summed E-state index contributed by atoms with van der Waals surface area (Å²) in [5, 5.41) is 2.75. The second-order valence-corrected chi connectivity index (χ2v) is 8.99. The maximum Gasteiger partial charge on any atom is 0.230 e. The molecule has 0 aromatic heterocycles. The number of halogens is 2. The van der Waals surface area contributed by atoms with Gasteiger partial charge in [-0.15, -0.1) is 0 Å². The van der Waals surface area contributed by atoms with Crippen molar-refractivity contribution in [3.8, 4) is 0 Å². The number of benzene rings is 1. The van der Waals surface area contributed by atoms with Crippen LogP contribution in [0.25, 0.3) is 0 Å². The number of hydrogen-bond acceptors (Lipinski definition) is 1. The zero-order valence-electron chi connectivity index (χ0n) is 13.7. The lowest BCUT2D eigenvalue weighted by molar-refractivity contribution is -0.165. The highest BCUT2D eigenvalue weighted by Crippen LogP contribution is 2.69. The van der Waals surface area contributed by atoms with Crippen LogP contribution in [0, 0.1) is 33.8 Å². The van der Waals surface area contributed by atoms with Crippen molar-refractivity contribution in [2.24, 2.45) is 22.2 Å². The Labute approximate surface area is 135 Å². The van der Waals surface area contributed by atoms with E-state index in [-0.39, 0.29) is 27.8 Å². The second kappa shape index (κ2) is 4.55. The van der Waals surface area contributed by atoms with Crippen molar-refractivity contribution in [1.29, 1.82) is 0 Å². The zero-order chi connectivity index (χ0) is 16.5. The van der Waals surface area contributed by atoms with Crippen molar-refractivity contribution in [1.82, 2.24) is 0 Å². The molecule has 23 heavy (non-hydrogen) atoms. The highest BCUT2D eigenvalue weighted by Gasteiger charge is 2.62. The maximum atomic E-state index is 13.9. The summed E-state index contributed by atoms with van der Waals surface area (Å²) in [6.07, 6.45) is 6.30. The van der Waals surface area contributed by atoms with E-state index < -0.39 is 11.6 Å². The largest absolute Gasteiger partial charge is 0.323 e. The smallest absolute Gasteiger partial charge is 0.230 e. The van der Waals surface area contributed by atoms with Gasteiger partial charge in [-0.05, 0) is 67.4 Å². The first kappa shape index (κ1) is 15.1. The van der Waals surface area contributed by atoms with Crippen molar-refractivity contribution >= 4 is 11.6 Å². The van der Waals surface area contributed by atoms with E-state index in [1.54, 1.807) is 0 Å². The van der Waals surface area contributed by atoms with Crippen LogP contribution in [0.15, 0.2) is 18.2 Å². The van der Waals surface area contributed by atoms with Crippen LogP contribution >= 0.6 is 0 Å². The first-order chi connectivity index (χ1) is 10.7. The third kappa shape index (κ3) is 2.38. The molecule has 4 saturated carbocycles. The van der Waals surface area contributed by atoms with Crippen molar-refractivity contribution in [2.45, 2.75) is 52.4 Å². The molecule has 1 aromatic rings. The fraction of sp³-hybridized carbons (Fsp3) is 0.632. The van der Waals surface area contributed by atoms with E-state index in [4.69, 9.17) is 0 Å². The molecule has 0 radical (unpaired) electrons. The van der Waals surface area contributed by atoms with E-state index in [0.29, 0.717) is 5.92 Å².